The summed E-state index contributed by atoms with van der Waals surface area (Å²) in [5.41, 5.74) is 6.99. The molecule has 0 fully saturated rings. The first-order chi connectivity index (χ1) is 10.8. The van der Waals surface area contributed by atoms with Crippen LogP contribution in [-0.4, -0.2) is 28.2 Å². The van der Waals surface area contributed by atoms with Gasteiger partial charge in [-0.2, -0.15) is 0 Å². The van der Waals surface area contributed by atoms with E-state index in [1.54, 1.807) is 24.3 Å². The molecular formula is C16H13Cl2NO4. The van der Waals surface area contributed by atoms with Crippen molar-refractivity contribution in [2.45, 2.75) is 12.5 Å². The van der Waals surface area contributed by atoms with Gasteiger partial charge in [0.25, 0.3) is 0 Å². The number of carbonyl (C=O) groups is 2. The second-order valence-electron chi connectivity index (χ2n) is 4.94. The van der Waals surface area contributed by atoms with E-state index in [9.17, 15) is 14.7 Å². The molecule has 23 heavy (non-hydrogen) atoms. The average Bonchev–Trinajstić information content (AvgIpc) is 2.50. The fraction of sp³-hybridized carbons (Fsp3) is 0.125. The lowest BCUT2D eigenvalue weighted by atomic mass is 9.96. The van der Waals surface area contributed by atoms with Crippen molar-refractivity contribution in [3.05, 3.63) is 57.6 Å². The van der Waals surface area contributed by atoms with Crippen LogP contribution in [0.25, 0.3) is 11.1 Å². The average molecular weight is 354 g/mol. The number of hydrogen-bond acceptors (Lipinski definition) is 3. The normalized spacial score (nSPS) is 12.0. The first kappa shape index (κ1) is 17.3. The van der Waals surface area contributed by atoms with Crippen LogP contribution >= 0.6 is 23.2 Å². The van der Waals surface area contributed by atoms with E-state index in [-0.39, 0.29) is 22.0 Å². The standard InChI is InChI=1S/C16H13Cl2NO4/c17-12-6-8(7-13(19)16(22)23)5-11(14(12)18)9-3-1-2-4-10(9)15(20)21/h1-6,13H,7,19H2,(H,20,21)(H,22,23). The molecule has 0 aliphatic rings. The van der Waals surface area contributed by atoms with E-state index in [1.165, 1.54) is 12.1 Å². The van der Waals surface area contributed by atoms with Gasteiger partial charge in [0.1, 0.15) is 6.04 Å². The topological polar surface area (TPSA) is 101 Å². The second-order valence-corrected chi connectivity index (χ2v) is 5.72. The Bertz CT molecular complexity index is 777. The molecule has 120 valence electrons. The first-order valence-corrected chi connectivity index (χ1v) is 7.36. The molecule has 1 atom stereocenters. The lowest BCUT2D eigenvalue weighted by Gasteiger charge is -2.13. The molecular weight excluding hydrogens is 341 g/mol. The van der Waals surface area contributed by atoms with E-state index in [0.717, 1.165) is 0 Å². The van der Waals surface area contributed by atoms with Crippen molar-refractivity contribution in [2.75, 3.05) is 0 Å². The van der Waals surface area contributed by atoms with Gasteiger partial charge < -0.3 is 15.9 Å². The monoisotopic (exact) mass is 353 g/mol. The number of carboxylic acid groups (broad SMARTS) is 2. The number of carboxylic acids is 2. The number of rotatable bonds is 5. The van der Waals surface area contributed by atoms with Gasteiger partial charge in [-0.05, 0) is 35.7 Å². The van der Waals surface area contributed by atoms with E-state index in [1.807, 2.05) is 0 Å². The fourth-order valence-corrected chi connectivity index (χ4v) is 2.66. The van der Waals surface area contributed by atoms with Crippen LogP contribution in [0.2, 0.25) is 10.0 Å². The van der Waals surface area contributed by atoms with Crippen LogP contribution in [0.5, 0.6) is 0 Å². The van der Waals surface area contributed by atoms with Crippen LogP contribution < -0.4 is 5.73 Å². The summed E-state index contributed by atoms with van der Waals surface area (Å²) >= 11 is 12.3. The van der Waals surface area contributed by atoms with E-state index in [0.29, 0.717) is 16.7 Å². The van der Waals surface area contributed by atoms with Crippen molar-refractivity contribution in [3.8, 4) is 11.1 Å². The van der Waals surface area contributed by atoms with Crippen molar-refractivity contribution in [3.63, 3.8) is 0 Å². The molecule has 1 unspecified atom stereocenters. The van der Waals surface area contributed by atoms with Crippen molar-refractivity contribution >= 4 is 35.1 Å². The minimum absolute atomic E-state index is 0.0501. The van der Waals surface area contributed by atoms with Crippen molar-refractivity contribution < 1.29 is 19.8 Å². The molecule has 0 saturated heterocycles. The summed E-state index contributed by atoms with van der Waals surface area (Å²) < 4.78 is 0. The largest absolute Gasteiger partial charge is 0.480 e. The Morgan fingerprint density at radius 2 is 1.74 bits per heavy atom. The van der Waals surface area contributed by atoms with Gasteiger partial charge in [0, 0.05) is 5.56 Å². The van der Waals surface area contributed by atoms with Gasteiger partial charge >= 0.3 is 11.9 Å². The van der Waals surface area contributed by atoms with Crippen molar-refractivity contribution in [1.29, 1.82) is 0 Å². The smallest absolute Gasteiger partial charge is 0.336 e. The molecule has 0 amide bonds. The summed E-state index contributed by atoms with van der Waals surface area (Å²) in [6, 6.07) is 8.40. The quantitative estimate of drug-likeness (QED) is 0.765. The zero-order valence-electron chi connectivity index (χ0n) is 11.8. The lowest BCUT2D eigenvalue weighted by molar-refractivity contribution is -0.138. The Labute approximate surface area is 142 Å². The van der Waals surface area contributed by atoms with Crippen LogP contribution in [0.1, 0.15) is 15.9 Å². The van der Waals surface area contributed by atoms with Crippen LogP contribution in [0.4, 0.5) is 0 Å². The highest BCUT2D eigenvalue weighted by Crippen LogP contribution is 2.36. The third-order valence-corrected chi connectivity index (χ3v) is 4.11. The molecule has 0 aromatic heterocycles. The SMILES string of the molecule is NC(Cc1cc(Cl)c(Cl)c(-c2ccccc2C(=O)O)c1)C(=O)O. The highest BCUT2D eigenvalue weighted by atomic mass is 35.5. The van der Waals surface area contributed by atoms with Crippen LogP contribution in [-0.2, 0) is 11.2 Å². The number of hydrogen-bond donors (Lipinski definition) is 3. The Morgan fingerprint density at radius 1 is 1.09 bits per heavy atom. The van der Waals surface area contributed by atoms with Gasteiger partial charge in [0.05, 0.1) is 15.6 Å². The molecule has 0 aliphatic carbocycles. The predicted molar refractivity (Wildman–Crippen MR) is 88.2 cm³/mol. The molecule has 0 spiro atoms. The summed E-state index contributed by atoms with van der Waals surface area (Å²) in [7, 11) is 0. The minimum Gasteiger partial charge on any atom is -0.480 e. The summed E-state index contributed by atoms with van der Waals surface area (Å²) in [4.78, 5) is 22.3. The molecule has 7 heteroatoms. The van der Waals surface area contributed by atoms with Gasteiger partial charge in [-0.25, -0.2) is 4.79 Å². The zero-order chi connectivity index (χ0) is 17.1. The number of nitrogens with two attached hydrogens (primary N) is 1. The van der Waals surface area contributed by atoms with Gasteiger partial charge in [-0.15, -0.1) is 0 Å². The third-order valence-electron chi connectivity index (χ3n) is 3.31. The molecule has 0 heterocycles. The molecule has 0 saturated carbocycles. The summed E-state index contributed by atoms with van der Waals surface area (Å²) in [5.74, 6) is -2.23. The van der Waals surface area contributed by atoms with Crippen LogP contribution in [0.15, 0.2) is 36.4 Å². The number of benzene rings is 2. The molecule has 2 rings (SSSR count). The Morgan fingerprint density at radius 3 is 2.35 bits per heavy atom. The molecule has 4 N–H and O–H groups in total. The maximum atomic E-state index is 11.4. The summed E-state index contributed by atoms with van der Waals surface area (Å²) in [5, 5.41) is 18.6. The summed E-state index contributed by atoms with van der Waals surface area (Å²) in [6.45, 7) is 0. The molecule has 5 nitrogen and oxygen atoms in total. The molecule has 2 aromatic carbocycles. The Balaban J connectivity index is 2.57. The number of aliphatic carboxylic acids is 1. The zero-order valence-corrected chi connectivity index (χ0v) is 13.3. The minimum atomic E-state index is -1.14. The van der Waals surface area contributed by atoms with E-state index >= 15 is 0 Å². The van der Waals surface area contributed by atoms with Crippen molar-refractivity contribution in [1.82, 2.24) is 0 Å². The second kappa shape index (κ2) is 7.00. The highest BCUT2D eigenvalue weighted by molar-refractivity contribution is 6.43. The fourth-order valence-electron chi connectivity index (χ4n) is 2.20. The maximum Gasteiger partial charge on any atom is 0.336 e. The van der Waals surface area contributed by atoms with Gasteiger partial charge in [0.2, 0.25) is 0 Å². The molecule has 2 aromatic rings. The summed E-state index contributed by atoms with van der Waals surface area (Å²) in [6.07, 6.45) is 0.0501. The highest BCUT2D eigenvalue weighted by Gasteiger charge is 2.18. The molecule has 0 radical (unpaired) electrons. The predicted octanol–water partition coefficient (Wildman–Crippen LogP) is 3.31. The number of halogens is 2. The molecule has 0 aliphatic heterocycles. The van der Waals surface area contributed by atoms with Gasteiger partial charge in [-0.3, -0.25) is 4.79 Å². The van der Waals surface area contributed by atoms with E-state index in [4.69, 9.17) is 34.0 Å². The van der Waals surface area contributed by atoms with Gasteiger partial charge in [0.15, 0.2) is 0 Å². The van der Waals surface area contributed by atoms with Crippen molar-refractivity contribution in [2.24, 2.45) is 5.73 Å². The van der Waals surface area contributed by atoms with Crippen LogP contribution in [0, 0.1) is 0 Å². The van der Waals surface area contributed by atoms with Gasteiger partial charge in [-0.1, -0.05) is 41.4 Å². The number of aromatic carboxylic acids is 1. The van der Waals surface area contributed by atoms with Crippen LogP contribution in [0.3, 0.4) is 0 Å². The maximum absolute atomic E-state index is 11.4. The lowest BCUT2D eigenvalue weighted by Crippen LogP contribution is -2.32. The first-order valence-electron chi connectivity index (χ1n) is 6.60. The Hall–Kier alpha value is -2.08. The van der Waals surface area contributed by atoms with E-state index < -0.39 is 18.0 Å². The third kappa shape index (κ3) is 3.82. The Kier molecular flexibility index (Phi) is 5.26. The van der Waals surface area contributed by atoms with E-state index in [2.05, 4.69) is 0 Å². The molecule has 0 bridgehead atoms.